The van der Waals surface area contributed by atoms with Crippen LogP contribution in [0.1, 0.15) is 6.92 Å². The van der Waals surface area contributed by atoms with Crippen LogP contribution in [0, 0.1) is 0 Å². The second kappa shape index (κ2) is 6.87. The average molecular weight is 359 g/mol. The van der Waals surface area contributed by atoms with Crippen molar-refractivity contribution in [2.75, 3.05) is 20.8 Å². The number of phenols is 3. The van der Waals surface area contributed by atoms with E-state index in [4.69, 9.17) is 18.6 Å². The molecule has 0 fully saturated rings. The van der Waals surface area contributed by atoms with Crippen LogP contribution in [-0.2, 0) is 0 Å². The lowest BCUT2D eigenvalue weighted by Crippen LogP contribution is -1.96. The average Bonchev–Trinajstić information content (AvgIpc) is 2.62. The Bertz CT molecular complexity index is 941. The fraction of sp³-hybridized carbons (Fsp3) is 0.211. The molecule has 1 heterocycles. The van der Waals surface area contributed by atoms with Gasteiger partial charge in [0, 0.05) is 24.3 Å². The van der Waals surface area contributed by atoms with Crippen molar-refractivity contribution >= 4 is 11.0 Å². The Labute approximate surface area is 149 Å². The lowest BCUT2D eigenvalue weighted by Gasteiger charge is -2.10. The molecule has 0 saturated heterocycles. The van der Waals surface area contributed by atoms with Crippen molar-refractivity contribution in [3.05, 3.63) is 30.3 Å². The maximum atomic E-state index is 10.1. The normalized spacial score (nSPS) is 10.7. The molecule has 0 atom stereocenters. The molecule has 136 valence electrons. The van der Waals surface area contributed by atoms with Crippen LogP contribution in [0.5, 0.6) is 34.5 Å². The number of hydrogen-bond donors (Lipinski definition) is 3. The van der Waals surface area contributed by atoms with Crippen molar-refractivity contribution in [3.8, 4) is 45.8 Å². The highest BCUT2D eigenvalue weighted by Gasteiger charge is 2.27. The summed E-state index contributed by atoms with van der Waals surface area (Å²) in [7, 11) is 2.85. The molecule has 0 saturated carbocycles. The summed E-state index contributed by atoms with van der Waals surface area (Å²) < 4.78 is 21.9. The molecule has 0 unspecified atom stereocenters. The van der Waals surface area contributed by atoms with Gasteiger partial charge in [0.2, 0.25) is 11.5 Å². The predicted molar refractivity (Wildman–Crippen MR) is 95.3 cm³/mol. The summed E-state index contributed by atoms with van der Waals surface area (Å²) >= 11 is 0. The zero-order chi connectivity index (χ0) is 18.8. The molecule has 3 aromatic rings. The second-order valence-electron chi connectivity index (χ2n) is 5.48. The van der Waals surface area contributed by atoms with E-state index in [2.05, 4.69) is 0 Å². The number of rotatable bonds is 5. The highest BCUT2D eigenvalue weighted by atomic mass is 16.5. The van der Waals surface area contributed by atoms with Crippen LogP contribution in [-0.4, -0.2) is 36.1 Å². The van der Waals surface area contributed by atoms with Crippen molar-refractivity contribution in [2.45, 2.75) is 6.92 Å². The third kappa shape index (κ3) is 2.99. The first-order valence-corrected chi connectivity index (χ1v) is 7.89. The van der Waals surface area contributed by atoms with E-state index in [1.54, 1.807) is 18.2 Å². The molecule has 3 rings (SSSR count). The van der Waals surface area contributed by atoms with Crippen LogP contribution in [0.25, 0.3) is 22.3 Å². The van der Waals surface area contributed by atoms with Gasteiger partial charge >= 0.3 is 11.3 Å². The van der Waals surface area contributed by atoms with Crippen LogP contribution < -0.4 is 14.2 Å². The second-order valence-corrected chi connectivity index (χ2v) is 5.48. The predicted octanol–water partition coefficient (Wildman–Crippen LogP) is 3.91. The van der Waals surface area contributed by atoms with E-state index in [9.17, 15) is 15.3 Å². The molecule has 0 amide bonds. The van der Waals surface area contributed by atoms with Crippen LogP contribution in [0.15, 0.2) is 34.7 Å². The summed E-state index contributed by atoms with van der Waals surface area (Å²) in [6, 6.07) is 7.39. The standard InChI is InChI=1S/C19H18O7/c1-4-25-17-9-12-13(21)7-11(20)8-14(12)26-19(17)10-5-15(23-2)18(22)16(6-10)24-3/h5-9H,4H2,1-3H3,(H2-,20,21,22)/p+1. The summed E-state index contributed by atoms with van der Waals surface area (Å²) in [5.74, 6) is 0.739. The molecule has 0 aliphatic rings. The van der Waals surface area contributed by atoms with Crippen LogP contribution in [0.4, 0.5) is 0 Å². The van der Waals surface area contributed by atoms with Crippen molar-refractivity contribution in [1.29, 1.82) is 0 Å². The minimum atomic E-state index is -0.132. The topological polar surface area (TPSA) is 99.7 Å². The first-order valence-electron chi connectivity index (χ1n) is 7.89. The Morgan fingerprint density at radius 3 is 2.12 bits per heavy atom. The molecule has 7 nitrogen and oxygen atoms in total. The molecular formula is C19H19O7+. The first-order chi connectivity index (χ1) is 12.5. The maximum absolute atomic E-state index is 10.1. The SMILES string of the molecule is CCOc1cc2c(O)cc(O)cc2[o+]c1-c1cc(OC)c(O)c(OC)c1. The van der Waals surface area contributed by atoms with Gasteiger partial charge in [-0.3, -0.25) is 0 Å². The summed E-state index contributed by atoms with van der Waals surface area (Å²) in [5, 5.41) is 30.3. The van der Waals surface area contributed by atoms with E-state index in [-0.39, 0.29) is 34.3 Å². The molecule has 0 bridgehead atoms. The van der Waals surface area contributed by atoms with Gasteiger partial charge in [0.05, 0.1) is 32.5 Å². The zero-order valence-corrected chi connectivity index (χ0v) is 14.6. The fourth-order valence-electron chi connectivity index (χ4n) is 2.67. The molecule has 0 spiro atoms. The van der Waals surface area contributed by atoms with Gasteiger partial charge in [-0.2, -0.15) is 0 Å². The number of fused-ring (bicyclic) bond motifs is 1. The number of hydrogen-bond acceptors (Lipinski definition) is 6. The maximum Gasteiger partial charge on any atom is 0.402 e. The Kier molecular flexibility index (Phi) is 4.62. The van der Waals surface area contributed by atoms with E-state index >= 15 is 0 Å². The number of aromatic hydroxyl groups is 3. The molecule has 2 aromatic carbocycles. The Morgan fingerprint density at radius 1 is 0.885 bits per heavy atom. The molecule has 1 aromatic heterocycles. The smallest absolute Gasteiger partial charge is 0.402 e. The monoisotopic (exact) mass is 359 g/mol. The summed E-state index contributed by atoms with van der Waals surface area (Å²) in [6.45, 7) is 2.20. The summed E-state index contributed by atoms with van der Waals surface area (Å²) in [5.41, 5.74) is 0.802. The van der Waals surface area contributed by atoms with Gasteiger partial charge < -0.3 is 29.5 Å². The molecule has 3 N–H and O–H groups in total. The van der Waals surface area contributed by atoms with Crippen molar-refractivity contribution < 1.29 is 33.9 Å². The minimum Gasteiger partial charge on any atom is -0.507 e. The first kappa shape index (κ1) is 17.5. The van der Waals surface area contributed by atoms with Gasteiger partial charge in [-0.05, 0) is 6.92 Å². The van der Waals surface area contributed by atoms with E-state index in [0.717, 1.165) is 0 Å². The quantitative estimate of drug-likeness (QED) is 0.594. The van der Waals surface area contributed by atoms with Gasteiger partial charge in [-0.25, -0.2) is 4.42 Å². The number of benzene rings is 2. The Morgan fingerprint density at radius 2 is 1.54 bits per heavy atom. The molecule has 0 aliphatic heterocycles. The summed E-state index contributed by atoms with van der Waals surface area (Å²) in [4.78, 5) is 0. The van der Waals surface area contributed by atoms with Crippen LogP contribution in [0.3, 0.4) is 0 Å². The van der Waals surface area contributed by atoms with Gasteiger partial charge in [0.15, 0.2) is 11.5 Å². The lowest BCUT2D eigenvalue weighted by atomic mass is 10.1. The highest BCUT2D eigenvalue weighted by molar-refractivity contribution is 5.88. The molecule has 7 heteroatoms. The van der Waals surface area contributed by atoms with Crippen molar-refractivity contribution in [2.24, 2.45) is 0 Å². The highest BCUT2D eigenvalue weighted by Crippen LogP contribution is 2.44. The van der Waals surface area contributed by atoms with Crippen molar-refractivity contribution in [3.63, 3.8) is 0 Å². The van der Waals surface area contributed by atoms with Crippen LogP contribution in [0.2, 0.25) is 0 Å². The van der Waals surface area contributed by atoms with E-state index < -0.39 is 0 Å². The lowest BCUT2D eigenvalue weighted by molar-refractivity contribution is 0.331. The van der Waals surface area contributed by atoms with Gasteiger partial charge in [0.1, 0.15) is 16.9 Å². The Hall–Kier alpha value is -3.35. The van der Waals surface area contributed by atoms with E-state index in [1.165, 1.54) is 26.4 Å². The van der Waals surface area contributed by atoms with E-state index in [1.807, 2.05) is 6.92 Å². The molecule has 26 heavy (non-hydrogen) atoms. The van der Waals surface area contributed by atoms with Gasteiger partial charge in [0.25, 0.3) is 0 Å². The summed E-state index contributed by atoms with van der Waals surface area (Å²) in [6.07, 6.45) is 0. The molecular weight excluding hydrogens is 340 g/mol. The zero-order valence-electron chi connectivity index (χ0n) is 14.6. The van der Waals surface area contributed by atoms with Gasteiger partial charge in [-0.1, -0.05) is 0 Å². The van der Waals surface area contributed by atoms with Crippen molar-refractivity contribution in [1.82, 2.24) is 0 Å². The van der Waals surface area contributed by atoms with Gasteiger partial charge in [-0.15, -0.1) is 0 Å². The van der Waals surface area contributed by atoms with Crippen LogP contribution >= 0.6 is 0 Å². The number of methoxy groups -OCH3 is 2. The third-order valence-electron chi connectivity index (χ3n) is 3.86. The fourth-order valence-corrected chi connectivity index (χ4v) is 2.67. The minimum absolute atomic E-state index is 0.128. The third-order valence-corrected chi connectivity index (χ3v) is 3.86. The molecule has 0 aliphatic carbocycles. The van der Waals surface area contributed by atoms with E-state index in [0.29, 0.717) is 29.1 Å². The Balaban J connectivity index is 2.31. The number of phenolic OH excluding ortho intramolecular Hbond substituents is 3. The number of ether oxygens (including phenoxy) is 3. The molecule has 0 radical (unpaired) electrons. The largest absolute Gasteiger partial charge is 0.507 e.